The highest BCUT2D eigenvalue weighted by Crippen LogP contribution is 2.37. The van der Waals surface area contributed by atoms with E-state index in [1.54, 1.807) is 18.6 Å². The van der Waals surface area contributed by atoms with Gasteiger partial charge in [-0.15, -0.1) is 10.2 Å². The Bertz CT molecular complexity index is 1150. The van der Waals surface area contributed by atoms with E-state index in [9.17, 15) is 4.79 Å². The molecule has 0 bridgehead atoms. The first-order valence-corrected chi connectivity index (χ1v) is 10.6. The maximum atomic E-state index is 12.9. The van der Waals surface area contributed by atoms with E-state index in [1.807, 2.05) is 36.7 Å². The summed E-state index contributed by atoms with van der Waals surface area (Å²) in [5.74, 6) is 0.572. The van der Waals surface area contributed by atoms with Crippen LogP contribution >= 0.6 is 0 Å². The second-order valence-electron chi connectivity index (χ2n) is 8.45. The fraction of sp³-hybridized carbons (Fsp3) is 0.348. The molecule has 3 heterocycles. The zero-order valence-electron chi connectivity index (χ0n) is 17.7. The van der Waals surface area contributed by atoms with E-state index in [4.69, 9.17) is 0 Å². The highest BCUT2D eigenvalue weighted by atomic mass is 16.1. The van der Waals surface area contributed by atoms with Gasteiger partial charge in [0, 0.05) is 35.7 Å². The van der Waals surface area contributed by atoms with Crippen molar-refractivity contribution in [3.05, 3.63) is 54.6 Å². The topological polar surface area (TPSA) is 88.3 Å². The molecule has 1 saturated carbocycles. The zero-order chi connectivity index (χ0) is 21.4. The molecule has 1 aromatic carbocycles. The molecule has 1 amide bonds. The van der Waals surface area contributed by atoms with Crippen molar-refractivity contribution in [2.75, 3.05) is 16.8 Å². The first-order chi connectivity index (χ1) is 15.0. The molecule has 1 aliphatic carbocycles. The van der Waals surface area contributed by atoms with E-state index in [1.165, 1.54) is 0 Å². The van der Waals surface area contributed by atoms with E-state index in [-0.39, 0.29) is 11.4 Å². The molecule has 1 aliphatic heterocycles. The lowest BCUT2D eigenvalue weighted by atomic mass is 10.0. The second-order valence-corrected chi connectivity index (χ2v) is 8.45. The van der Waals surface area contributed by atoms with Gasteiger partial charge in [0.2, 0.25) is 0 Å². The average Bonchev–Trinajstić information content (AvgIpc) is 3.38. The summed E-state index contributed by atoms with van der Waals surface area (Å²) in [5, 5.41) is 11.3. The Labute approximate surface area is 181 Å². The molecular weight excluding hydrogens is 390 g/mol. The number of pyridine rings is 1. The average molecular weight is 416 g/mol. The van der Waals surface area contributed by atoms with Crippen molar-refractivity contribution in [1.29, 1.82) is 0 Å². The van der Waals surface area contributed by atoms with E-state index in [0.717, 1.165) is 42.9 Å². The number of aliphatic imine (C=N–C) groups is 1. The van der Waals surface area contributed by atoms with Crippen LogP contribution in [0, 0.1) is 0 Å². The molecule has 158 valence electrons. The predicted molar refractivity (Wildman–Crippen MR) is 120 cm³/mol. The first-order valence-electron chi connectivity index (χ1n) is 10.6. The smallest absolute Gasteiger partial charge is 0.274 e. The summed E-state index contributed by atoms with van der Waals surface area (Å²) in [4.78, 5) is 23.8. The minimum absolute atomic E-state index is 0.0901. The van der Waals surface area contributed by atoms with Crippen LogP contribution in [-0.2, 0) is 0 Å². The van der Waals surface area contributed by atoms with Crippen molar-refractivity contribution < 1.29 is 4.79 Å². The van der Waals surface area contributed by atoms with Gasteiger partial charge in [0.25, 0.3) is 5.91 Å². The van der Waals surface area contributed by atoms with Crippen LogP contribution in [0.4, 0.5) is 11.4 Å². The summed E-state index contributed by atoms with van der Waals surface area (Å²) < 4.78 is 2.10. The molecule has 2 aliphatic rings. The van der Waals surface area contributed by atoms with Crippen molar-refractivity contribution in [3.63, 3.8) is 0 Å². The third kappa shape index (κ3) is 3.93. The number of carbonyl (C=O) groups is 1. The number of amides is 1. The summed E-state index contributed by atoms with van der Waals surface area (Å²) in [7, 11) is 0. The van der Waals surface area contributed by atoms with Crippen LogP contribution < -0.4 is 10.2 Å². The van der Waals surface area contributed by atoms with Crippen molar-refractivity contribution >= 4 is 23.6 Å². The number of hydrogen-bond donors (Lipinski definition) is 1. The third-order valence-corrected chi connectivity index (χ3v) is 5.98. The number of rotatable bonds is 6. The van der Waals surface area contributed by atoms with Gasteiger partial charge in [-0.2, -0.15) is 0 Å². The predicted octanol–water partition coefficient (Wildman–Crippen LogP) is 3.94. The second kappa shape index (κ2) is 7.61. The van der Waals surface area contributed by atoms with Gasteiger partial charge in [-0.05, 0) is 50.5 Å². The minimum atomic E-state index is -0.253. The summed E-state index contributed by atoms with van der Waals surface area (Å²) >= 11 is 0. The number of nitrogens with one attached hydrogen (secondary N) is 1. The van der Waals surface area contributed by atoms with Crippen LogP contribution in [-0.4, -0.2) is 44.1 Å². The first kappa shape index (κ1) is 19.4. The molecule has 1 atom stereocenters. The molecule has 1 N–H and O–H groups in total. The van der Waals surface area contributed by atoms with Gasteiger partial charge in [-0.1, -0.05) is 19.1 Å². The highest BCUT2D eigenvalue weighted by molar-refractivity contribution is 6.04. The Morgan fingerprint density at radius 2 is 2.13 bits per heavy atom. The quantitative estimate of drug-likeness (QED) is 0.659. The molecule has 1 unspecified atom stereocenters. The monoisotopic (exact) mass is 415 g/mol. The van der Waals surface area contributed by atoms with Crippen LogP contribution in [0.3, 0.4) is 0 Å². The van der Waals surface area contributed by atoms with Gasteiger partial charge in [0.15, 0.2) is 5.82 Å². The van der Waals surface area contributed by atoms with Gasteiger partial charge >= 0.3 is 0 Å². The van der Waals surface area contributed by atoms with E-state index in [2.05, 4.69) is 48.8 Å². The Balaban J connectivity index is 1.33. The molecule has 8 nitrogen and oxygen atoms in total. The third-order valence-electron chi connectivity index (χ3n) is 5.98. The van der Waals surface area contributed by atoms with Crippen molar-refractivity contribution in [3.8, 4) is 11.4 Å². The van der Waals surface area contributed by atoms with E-state index >= 15 is 0 Å². The van der Waals surface area contributed by atoms with Crippen LogP contribution in [0.25, 0.3) is 11.4 Å². The normalized spacial score (nSPS) is 20.3. The van der Waals surface area contributed by atoms with Crippen molar-refractivity contribution in [2.45, 2.75) is 44.7 Å². The van der Waals surface area contributed by atoms with Gasteiger partial charge < -0.3 is 14.8 Å². The van der Waals surface area contributed by atoms with Crippen LogP contribution in [0.15, 0.2) is 53.9 Å². The summed E-state index contributed by atoms with van der Waals surface area (Å²) in [6.45, 7) is 5.06. The highest BCUT2D eigenvalue weighted by Gasteiger charge is 2.29. The molecule has 3 aromatic rings. The molecule has 31 heavy (non-hydrogen) atoms. The van der Waals surface area contributed by atoms with Gasteiger partial charge in [-0.25, -0.2) is 0 Å². The number of benzene rings is 1. The largest absolute Gasteiger partial charge is 0.330 e. The molecule has 5 rings (SSSR count). The molecule has 2 aromatic heterocycles. The molecular formula is C23H25N7O. The Morgan fingerprint density at radius 1 is 1.26 bits per heavy atom. The lowest BCUT2D eigenvalue weighted by molar-refractivity contribution is 0.102. The fourth-order valence-corrected chi connectivity index (χ4v) is 3.74. The molecule has 0 saturated heterocycles. The van der Waals surface area contributed by atoms with Crippen LogP contribution in [0.1, 0.15) is 49.6 Å². The zero-order valence-corrected chi connectivity index (χ0v) is 17.7. The maximum Gasteiger partial charge on any atom is 0.274 e. The lowest BCUT2D eigenvalue weighted by Crippen LogP contribution is -2.31. The number of hydrogen-bond acceptors (Lipinski definition) is 6. The van der Waals surface area contributed by atoms with Crippen LogP contribution in [0.2, 0.25) is 0 Å². The van der Waals surface area contributed by atoms with Crippen LogP contribution in [0.5, 0.6) is 0 Å². The number of aromatic nitrogens is 4. The van der Waals surface area contributed by atoms with Crippen molar-refractivity contribution in [1.82, 2.24) is 19.7 Å². The maximum absolute atomic E-state index is 12.9. The molecule has 0 radical (unpaired) electrons. The summed E-state index contributed by atoms with van der Waals surface area (Å²) in [6, 6.07) is 11.9. The van der Waals surface area contributed by atoms with Gasteiger partial charge in [-0.3, -0.25) is 14.8 Å². The fourth-order valence-electron chi connectivity index (χ4n) is 3.74. The lowest BCUT2D eigenvalue weighted by Gasteiger charge is -2.22. The number of carbonyl (C=O) groups excluding carboxylic acids is 1. The SMILES string of the molecule is CCC1(C)CN(c2ccnc(C(=O)Nc3cccc(-c4nncn4C4CC4)c3)c2)C=N1. The Morgan fingerprint density at radius 3 is 2.90 bits per heavy atom. The number of anilines is 2. The summed E-state index contributed by atoms with van der Waals surface area (Å²) in [6.07, 6.45) is 8.56. The Kier molecular flexibility index (Phi) is 4.77. The molecule has 1 fully saturated rings. The molecule has 8 heteroatoms. The van der Waals surface area contributed by atoms with E-state index < -0.39 is 0 Å². The van der Waals surface area contributed by atoms with Gasteiger partial charge in [0.05, 0.1) is 11.9 Å². The van der Waals surface area contributed by atoms with Gasteiger partial charge in [0.1, 0.15) is 12.0 Å². The minimum Gasteiger partial charge on any atom is -0.330 e. The van der Waals surface area contributed by atoms with Crippen molar-refractivity contribution in [2.24, 2.45) is 4.99 Å². The molecule has 0 spiro atoms. The number of nitrogens with zero attached hydrogens (tertiary/aromatic N) is 6. The summed E-state index contributed by atoms with van der Waals surface area (Å²) in [5.41, 5.74) is 2.81. The van der Waals surface area contributed by atoms with E-state index in [0.29, 0.717) is 17.4 Å². The standard InChI is InChI=1S/C23H25N7O/c1-3-23(2)13-29(14-25-23)19-9-10-24-20(12-19)22(31)27-17-6-4-5-16(11-17)21-28-26-15-30(21)18-7-8-18/h4-6,9-12,14-15,18H,3,7-8,13H2,1-2H3,(H,27,31). The Hall–Kier alpha value is -3.55.